The molecule has 4 unspecified atom stereocenters. The first-order valence-electron chi connectivity index (χ1n) is 8.61. The summed E-state index contributed by atoms with van der Waals surface area (Å²) in [7, 11) is 0. The van der Waals surface area contributed by atoms with Gasteiger partial charge in [-0.25, -0.2) is 13.6 Å². The Morgan fingerprint density at radius 2 is 1.80 bits per heavy atom. The zero-order chi connectivity index (χ0) is 18.8. The second kappa shape index (κ2) is 7.28. The van der Waals surface area contributed by atoms with Gasteiger partial charge in [0.2, 0.25) is 5.85 Å². The molecule has 0 heterocycles. The maximum absolute atomic E-state index is 14.9. The minimum Gasteiger partial charge on any atom is -0.465 e. The molecule has 0 radical (unpaired) electrons. The summed E-state index contributed by atoms with van der Waals surface area (Å²) in [5.74, 6) is -2.08. The highest BCUT2D eigenvalue weighted by atomic mass is 19.2. The van der Waals surface area contributed by atoms with Gasteiger partial charge in [0.25, 0.3) is 0 Å². The van der Waals surface area contributed by atoms with Crippen LogP contribution in [0.4, 0.5) is 13.6 Å². The smallest absolute Gasteiger partial charge is 0.407 e. The van der Waals surface area contributed by atoms with Crippen LogP contribution >= 0.6 is 0 Å². The fraction of sp³-hybridized carbons (Fsp3) is 0.632. The Kier molecular flexibility index (Phi) is 5.72. The van der Waals surface area contributed by atoms with Crippen molar-refractivity contribution in [1.29, 1.82) is 0 Å². The SMILES string of the molecule is CC(F)(OC1CCC(N(C(=O)O)C(C)(C)C)CC1F)c1ccccc1. The molecule has 0 saturated heterocycles. The van der Waals surface area contributed by atoms with Gasteiger partial charge >= 0.3 is 6.09 Å². The van der Waals surface area contributed by atoms with Gasteiger partial charge in [-0.3, -0.25) is 0 Å². The fourth-order valence-corrected chi connectivity index (χ4v) is 3.51. The topological polar surface area (TPSA) is 49.8 Å². The van der Waals surface area contributed by atoms with E-state index in [1.54, 1.807) is 51.1 Å². The highest BCUT2D eigenvalue weighted by molar-refractivity contribution is 5.66. The highest BCUT2D eigenvalue weighted by Crippen LogP contribution is 2.36. The van der Waals surface area contributed by atoms with E-state index >= 15 is 0 Å². The van der Waals surface area contributed by atoms with Crippen molar-refractivity contribution in [2.45, 2.75) is 76.7 Å². The van der Waals surface area contributed by atoms with Crippen molar-refractivity contribution in [3.8, 4) is 0 Å². The number of benzene rings is 1. The second-order valence-electron chi connectivity index (χ2n) is 7.75. The van der Waals surface area contributed by atoms with Crippen LogP contribution in [0.1, 0.15) is 52.5 Å². The van der Waals surface area contributed by atoms with Crippen molar-refractivity contribution in [3.63, 3.8) is 0 Å². The van der Waals surface area contributed by atoms with Gasteiger partial charge < -0.3 is 14.7 Å². The van der Waals surface area contributed by atoms with Gasteiger partial charge in [-0.05, 0) is 40.5 Å². The first-order chi connectivity index (χ1) is 11.5. The van der Waals surface area contributed by atoms with Crippen LogP contribution in [0.3, 0.4) is 0 Å². The number of hydrogen-bond donors (Lipinski definition) is 1. The lowest BCUT2D eigenvalue weighted by molar-refractivity contribution is -0.201. The summed E-state index contributed by atoms with van der Waals surface area (Å²) in [6.07, 6.45) is -2.64. The number of ether oxygens (including phenoxy) is 1. The molecule has 1 aromatic carbocycles. The van der Waals surface area contributed by atoms with Gasteiger partial charge in [0.15, 0.2) is 0 Å². The van der Waals surface area contributed by atoms with Crippen molar-refractivity contribution < 1.29 is 23.4 Å². The van der Waals surface area contributed by atoms with Gasteiger partial charge in [-0.2, -0.15) is 0 Å². The molecule has 4 nitrogen and oxygen atoms in total. The molecular formula is C19H27F2NO3. The number of carbonyl (C=O) groups is 1. The minimum atomic E-state index is -2.08. The van der Waals surface area contributed by atoms with Gasteiger partial charge in [0, 0.05) is 23.6 Å². The van der Waals surface area contributed by atoms with Crippen LogP contribution in [0.25, 0.3) is 0 Å². The average molecular weight is 355 g/mol. The van der Waals surface area contributed by atoms with Crippen molar-refractivity contribution >= 4 is 6.09 Å². The molecule has 0 spiro atoms. The summed E-state index contributed by atoms with van der Waals surface area (Å²) in [6, 6.07) is 7.95. The Hall–Kier alpha value is -1.69. The summed E-state index contributed by atoms with van der Waals surface area (Å²) in [4.78, 5) is 12.9. The number of rotatable bonds is 4. The van der Waals surface area contributed by atoms with E-state index in [-0.39, 0.29) is 12.8 Å². The Morgan fingerprint density at radius 1 is 1.20 bits per heavy atom. The first-order valence-corrected chi connectivity index (χ1v) is 8.61. The molecule has 1 aromatic rings. The monoisotopic (exact) mass is 355 g/mol. The van der Waals surface area contributed by atoms with Crippen LogP contribution in [0.5, 0.6) is 0 Å². The number of halogens is 2. The van der Waals surface area contributed by atoms with E-state index in [1.807, 2.05) is 0 Å². The average Bonchev–Trinajstić information content (AvgIpc) is 2.49. The molecule has 140 valence electrons. The molecule has 4 atom stereocenters. The predicted octanol–water partition coefficient (Wildman–Crippen LogP) is 4.88. The van der Waals surface area contributed by atoms with Crippen molar-refractivity contribution in [2.24, 2.45) is 0 Å². The normalized spacial score (nSPS) is 26.7. The lowest BCUT2D eigenvalue weighted by atomic mass is 9.87. The molecule has 1 saturated carbocycles. The van der Waals surface area contributed by atoms with E-state index in [9.17, 15) is 18.7 Å². The largest absolute Gasteiger partial charge is 0.465 e. The lowest BCUT2D eigenvalue weighted by Gasteiger charge is -2.44. The van der Waals surface area contributed by atoms with Crippen LogP contribution in [-0.4, -0.2) is 40.0 Å². The van der Waals surface area contributed by atoms with E-state index in [0.717, 1.165) is 0 Å². The molecular weight excluding hydrogens is 328 g/mol. The van der Waals surface area contributed by atoms with Crippen LogP contribution in [-0.2, 0) is 10.6 Å². The second-order valence-corrected chi connectivity index (χ2v) is 7.75. The molecule has 2 rings (SSSR count). The molecule has 0 aliphatic heterocycles. The zero-order valence-electron chi connectivity index (χ0n) is 15.2. The Bertz CT molecular complexity index is 586. The van der Waals surface area contributed by atoms with Crippen LogP contribution < -0.4 is 0 Å². The fourth-order valence-electron chi connectivity index (χ4n) is 3.51. The van der Waals surface area contributed by atoms with E-state index in [1.165, 1.54) is 11.8 Å². The third-order valence-corrected chi connectivity index (χ3v) is 4.64. The zero-order valence-corrected chi connectivity index (χ0v) is 15.2. The number of hydrogen-bond acceptors (Lipinski definition) is 2. The minimum absolute atomic E-state index is 0.0130. The lowest BCUT2D eigenvalue weighted by Crippen LogP contribution is -2.54. The molecule has 1 N–H and O–H groups in total. The summed E-state index contributed by atoms with van der Waals surface area (Å²) < 4.78 is 34.9. The van der Waals surface area contributed by atoms with Crippen LogP contribution in [0.2, 0.25) is 0 Å². The standard InChI is InChI=1S/C19H27F2NO3/c1-18(2,3)22(17(23)24)14-10-11-16(15(20)12-14)25-19(4,21)13-8-6-5-7-9-13/h5-9,14-16H,10-12H2,1-4H3,(H,23,24). The number of nitrogens with zero attached hydrogens (tertiary/aromatic N) is 1. The third kappa shape index (κ3) is 4.69. The molecule has 25 heavy (non-hydrogen) atoms. The van der Waals surface area contributed by atoms with Gasteiger partial charge in [0.05, 0.1) is 6.10 Å². The van der Waals surface area contributed by atoms with E-state index in [0.29, 0.717) is 12.0 Å². The van der Waals surface area contributed by atoms with Crippen LogP contribution in [0, 0.1) is 0 Å². The Balaban J connectivity index is 2.06. The summed E-state index contributed by atoms with van der Waals surface area (Å²) in [6.45, 7) is 6.63. The van der Waals surface area contributed by atoms with Gasteiger partial charge in [-0.1, -0.05) is 30.3 Å². The number of alkyl halides is 2. The molecule has 1 aliphatic carbocycles. The number of amides is 1. The van der Waals surface area contributed by atoms with E-state index in [4.69, 9.17) is 4.74 Å². The predicted molar refractivity (Wildman–Crippen MR) is 91.9 cm³/mol. The maximum atomic E-state index is 14.9. The van der Waals surface area contributed by atoms with E-state index < -0.39 is 35.8 Å². The van der Waals surface area contributed by atoms with Gasteiger partial charge in [0.1, 0.15) is 6.17 Å². The molecule has 0 bridgehead atoms. The third-order valence-electron chi connectivity index (χ3n) is 4.64. The molecule has 1 amide bonds. The maximum Gasteiger partial charge on any atom is 0.407 e. The van der Waals surface area contributed by atoms with E-state index in [2.05, 4.69) is 0 Å². The summed E-state index contributed by atoms with van der Waals surface area (Å²) in [5.41, 5.74) is -0.283. The molecule has 1 fully saturated rings. The summed E-state index contributed by atoms with van der Waals surface area (Å²) >= 11 is 0. The van der Waals surface area contributed by atoms with Gasteiger partial charge in [-0.15, -0.1) is 0 Å². The Labute approximate surface area is 147 Å². The van der Waals surface area contributed by atoms with Crippen molar-refractivity contribution in [3.05, 3.63) is 35.9 Å². The molecule has 6 heteroatoms. The summed E-state index contributed by atoms with van der Waals surface area (Å²) in [5, 5.41) is 9.46. The Morgan fingerprint density at radius 3 is 2.28 bits per heavy atom. The molecule has 0 aromatic heterocycles. The highest BCUT2D eigenvalue weighted by Gasteiger charge is 2.42. The quantitative estimate of drug-likeness (QED) is 0.837. The first kappa shape index (κ1) is 19.6. The van der Waals surface area contributed by atoms with Crippen molar-refractivity contribution in [2.75, 3.05) is 0 Å². The number of carboxylic acid groups (broad SMARTS) is 1. The van der Waals surface area contributed by atoms with Crippen molar-refractivity contribution in [1.82, 2.24) is 4.90 Å². The molecule has 1 aliphatic rings. The van der Waals surface area contributed by atoms with Crippen LogP contribution in [0.15, 0.2) is 30.3 Å².